The summed E-state index contributed by atoms with van der Waals surface area (Å²) in [7, 11) is 0. The molecule has 3 heteroatoms. The van der Waals surface area contributed by atoms with E-state index in [0.717, 1.165) is 25.0 Å². The van der Waals surface area contributed by atoms with Crippen LogP contribution in [0.4, 0.5) is 0 Å². The number of rotatable bonds is 8. The minimum Gasteiger partial charge on any atom is -0.375 e. The van der Waals surface area contributed by atoms with Crippen molar-refractivity contribution in [2.45, 2.75) is 26.5 Å². The largest absolute Gasteiger partial charge is 0.375 e. The third-order valence-corrected chi connectivity index (χ3v) is 3.09. The van der Waals surface area contributed by atoms with Gasteiger partial charge in [0.2, 0.25) is 0 Å². The summed E-state index contributed by atoms with van der Waals surface area (Å²) in [4.78, 5) is 2.42. The molecular formula is C14H22BrNO. The van der Waals surface area contributed by atoms with Crippen molar-refractivity contribution >= 4 is 15.9 Å². The summed E-state index contributed by atoms with van der Waals surface area (Å²) in [5, 5.41) is 1.02. The molecule has 1 rings (SSSR count). The highest BCUT2D eigenvalue weighted by Gasteiger charge is 2.07. The summed E-state index contributed by atoms with van der Waals surface area (Å²) < 4.78 is 5.69. The first kappa shape index (κ1) is 14.7. The fraction of sp³-hybridized carbons (Fsp3) is 0.571. The van der Waals surface area contributed by atoms with E-state index in [1.54, 1.807) is 0 Å². The molecule has 0 saturated carbocycles. The second-order valence-corrected chi connectivity index (χ2v) is 5.15. The molecule has 0 saturated heterocycles. The molecular weight excluding hydrogens is 278 g/mol. The van der Waals surface area contributed by atoms with E-state index in [1.165, 1.54) is 5.56 Å². The average molecular weight is 300 g/mol. The lowest BCUT2D eigenvalue weighted by atomic mass is 10.2. The van der Waals surface area contributed by atoms with E-state index in [9.17, 15) is 0 Å². The summed E-state index contributed by atoms with van der Waals surface area (Å²) in [6.07, 6.45) is 0. The second-order valence-electron chi connectivity index (χ2n) is 4.36. The van der Waals surface area contributed by atoms with E-state index < -0.39 is 0 Å². The Morgan fingerprint density at radius 1 is 1.18 bits per heavy atom. The molecule has 1 aromatic rings. The van der Waals surface area contributed by atoms with Crippen LogP contribution in [0.3, 0.4) is 0 Å². The Hall–Kier alpha value is -0.380. The molecule has 0 aromatic heterocycles. The molecule has 0 radical (unpaired) electrons. The number of alkyl halides is 1. The first-order chi connectivity index (χ1) is 8.24. The van der Waals surface area contributed by atoms with Crippen LogP contribution in [0, 0.1) is 0 Å². The first-order valence-corrected chi connectivity index (χ1v) is 7.28. The minimum atomic E-state index is 0.577. The Morgan fingerprint density at radius 2 is 1.88 bits per heavy atom. The van der Waals surface area contributed by atoms with E-state index in [4.69, 9.17) is 4.74 Å². The van der Waals surface area contributed by atoms with Gasteiger partial charge in [-0.25, -0.2) is 0 Å². The SMILES string of the molecule is CC(C)N(CCBr)CCOCc1ccccc1. The third-order valence-electron chi connectivity index (χ3n) is 2.74. The Kier molecular flexibility index (Phi) is 7.49. The van der Waals surface area contributed by atoms with E-state index in [1.807, 2.05) is 18.2 Å². The second kappa shape index (κ2) is 8.67. The maximum absolute atomic E-state index is 5.69. The van der Waals surface area contributed by atoms with Gasteiger partial charge in [0.15, 0.2) is 0 Å². The summed E-state index contributed by atoms with van der Waals surface area (Å²) >= 11 is 3.48. The van der Waals surface area contributed by atoms with Crippen LogP contribution in [-0.4, -0.2) is 36.0 Å². The lowest BCUT2D eigenvalue weighted by Gasteiger charge is -2.25. The molecule has 2 nitrogen and oxygen atoms in total. The molecule has 96 valence electrons. The lowest BCUT2D eigenvalue weighted by molar-refractivity contribution is 0.0853. The Bertz CT molecular complexity index is 290. The predicted molar refractivity (Wildman–Crippen MR) is 76.6 cm³/mol. The molecule has 0 aliphatic rings. The highest BCUT2D eigenvalue weighted by atomic mass is 79.9. The summed E-state index contributed by atoms with van der Waals surface area (Å²) in [5.74, 6) is 0. The van der Waals surface area contributed by atoms with E-state index >= 15 is 0 Å². The predicted octanol–water partition coefficient (Wildman–Crippen LogP) is 3.31. The maximum Gasteiger partial charge on any atom is 0.0717 e. The monoisotopic (exact) mass is 299 g/mol. The van der Waals surface area contributed by atoms with Crippen molar-refractivity contribution in [3.8, 4) is 0 Å². The molecule has 17 heavy (non-hydrogen) atoms. The van der Waals surface area contributed by atoms with Gasteiger partial charge < -0.3 is 4.74 Å². The van der Waals surface area contributed by atoms with Crippen LogP contribution >= 0.6 is 15.9 Å². The topological polar surface area (TPSA) is 12.5 Å². The summed E-state index contributed by atoms with van der Waals surface area (Å²) in [5.41, 5.74) is 1.24. The molecule has 0 amide bonds. The lowest BCUT2D eigenvalue weighted by Crippen LogP contribution is -2.35. The van der Waals surface area contributed by atoms with E-state index in [2.05, 4.69) is 46.8 Å². The normalized spacial score (nSPS) is 11.4. The van der Waals surface area contributed by atoms with Crippen molar-refractivity contribution in [2.75, 3.05) is 25.0 Å². The fourth-order valence-electron chi connectivity index (χ4n) is 1.68. The maximum atomic E-state index is 5.69. The molecule has 1 aromatic carbocycles. The van der Waals surface area contributed by atoms with Gasteiger partial charge in [-0.05, 0) is 19.4 Å². The zero-order valence-electron chi connectivity index (χ0n) is 10.7. The van der Waals surface area contributed by atoms with Crippen LogP contribution < -0.4 is 0 Å². The molecule has 0 bridgehead atoms. The number of ether oxygens (including phenoxy) is 1. The number of hydrogen-bond donors (Lipinski definition) is 0. The van der Waals surface area contributed by atoms with Crippen LogP contribution in [0.2, 0.25) is 0 Å². The minimum absolute atomic E-state index is 0.577. The zero-order chi connectivity index (χ0) is 12.5. The highest BCUT2D eigenvalue weighted by molar-refractivity contribution is 9.09. The van der Waals surface area contributed by atoms with Gasteiger partial charge in [0.25, 0.3) is 0 Å². The molecule has 0 atom stereocenters. The number of halogens is 1. The highest BCUT2D eigenvalue weighted by Crippen LogP contribution is 2.02. The number of hydrogen-bond acceptors (Lipinski definition) is 2. The average Bonchev–Trinajstić information content (AvgIpc) is 2.34. The van der Waals surface area contributed by atoms with Gasteiger partial charge in [0, 0.05) is 24.5 Å². The number of benzene rings is 1. The van der Waals surface area contributed by atoms with Gasteiger partial charge in [-0.2, -0.15) is 0 Å². The summed E-state index contributed by atoms with van der Waals surface area (Å²) in [6.45, 7) is 8.02. The van der Waals surface area contributed by atoms with Gasteiger partial charge in [0.1, 0.15) is 0 Å². The van der Waals surface area contributed by atoms with Crippen molar-refractivity contribution in [3.05, 3.63) is 35.9 Å². The molecule has 0 unspecified atom stereocenters. The smallest absolute Gasteiger partial charge is 0.0717 e. The van der Waals surface area contributed by atoms with Crippen LogP contribution in [0.25, 0.3) is 0 Å². The molecule has 0 aliphatic carbocycles. The van der Waals surface area contributed by atoms with Crippen LogP contribution in [-0.2, 0) is 11.3 Å². The molecule has 0 fully saturated rings. The van der Waals surface area contributed by atoms with Gasteiger partial charge in [-0.3, -0.25) is 4.90 Å². The number of nitrogens with zero attached hydrogens (tertiary/aromatic N) is 1. The fourth-order valence-corrected chi connectivity index (χ4v) is 2.14. The Morgan fingerprint density at radius 3 is 2.47 bits per heavy atom. The molecule has 0 spiro atoms. The van der Waals surface area contributed by atoms with Gasteiger partial charge >= 0.3 is 0 Å². The zero-order valence-corrected chi connectivity index (χ0v) is 12.3. The van der Waals surface area contributed by atoms with E-state index in [-0.39, 0.29) is 0 Å². The molecule has 0 N–H and O–H groups in total. The summed E-state index contributed by atoms with van der Waals surface area (Å²) in [6, 6.07) is 10.9. The van der Waals surface area contributed by atoms with Gasteiger partial charge in [-0.15, -0.1) is 0 Å². The Balaban J connectivity index is 2.18. The quantitative estimate of drug-likeness (QED) is 0.539. The van der Waals surface area contributed by atoms with Crippen molar-refractivity contribution < 1.29 is 4.74 Å². The van der Waals surface area contributed by atoms with Crippen LogP contribution in [0.5, 0.6) is 0 Å². The third kappa shape index (κ3) is 6.20. The van der Waals surface area contributed by atoms with Crippen molar-refractivity contribution in [1.82, 2.24) is 4.90 Å². The van der Waals surface area contributed by atoms with Crippen molar-refractivity contribution in [3.63, 3.8) is 0 Å². The molecule has 0 aliphatic heterocycles. The first-order valence-electron chi connectivity index (χ1n) is 6.15. The standard InChI is InChI=1S/C14H22BrNO/c1-13(2)16(9-8-15)10-11-17-12-14-6-4-3-5-7-14/h3-7,13H,8-12H2,1-2H3. The van der Waals surface area contributed by atoms with Crippen LogP contribution in [0.15, 0.2) is 30.3 Å². The molecule has 0 heterocycles. The van der Waals surface area contributed by atoms with E-state index in [0.29, 0.717) is 12.6 Å². The van der Waals surface area contributed by atoms with Crippen LogP contribution in [0.1, 0.15) is 19.4 Å². The van der Waals surface area contributed by atoms with Crippen molar-refractivity contribution in [2.24, 2.45) is 0 Å². The van der Waals surface area contributed by atoms with Gasteiger partial charge in [-0.1, -0.05) is 46.3 Å². The van der Waals surface area contributed by atoms with Gasteiger partial charge in [0.05, 0.1) is 13.2 Å². The van der Waals surface area contributed by atoms with Crippen molar-refractivity contribution in [1.29, 1.82) is 0 Å². The Labute approximate surface area is 113 Å².